The van der Waals surface area contributed by atoms with Crippen LogP contribution in [0.4, 0.5) is 10.1 Å². The molecule has 1 heterocycles. The summed E-state index contributed by atoms with van der Waals surface area (Å²) in [4.78, 5) is 0. The average molecular weight is 334 g/mol. The molecule has 0 saturated carbocycles. The average Bonchev–Trinajstić information content (AvgIpc) is 2.79. The van der Waals surface area contributed by atoms with E-state index in [0.717, 1.165) is 10.9 Å². The van der Waals surface area contributed by atoms with Gasteiger partial charge in [-0.25, -0.2) is 12.8 Å². The molecule has 0 aliphatic rings. The van der Waals surface area contributed by atoms with Crippen LogP contribution in [0.1, 0.15) is 16.8 Å². The fraction of sp³-hybridized carbons (Fsp3) is 0.188. The summed E-state index contributed by atoms with van der Waals surface area (Å²) < 4.78 is 45.5. The van der Waals surface area contributed by atoms with E-state index in [2.05, 4.69) is 9.88 Å². The van der Waals surface area contributed by atoms with Gasteiger partial charge < -0.3 is 4.52 Å². The summed E-state index contributed by atoms with van der Waals surface area (Å²) in [6, 6.07) is 8.96. The lowest BCUT2D eigenvalue weighted by Crippen LogP contribution is -2.15. The van der Waals surface area contributed by atoms with Gasteiger partial charge in [-0.15, -0.1) is 0 Å². The lowest BCUT2D eigenvalue weighted by Gasteiger charge is -2.11. The van der Waals surface area contributed by atoms with Crippen molar-refractivity contribution in [1.29, 1.82) is 0 Å². The summed E-state index contributed by atoms with van der Waals surface area (Å²) in [5.41, 5.74) is 2.85. The predicted octanol–water partition coefficient (Wildman–Crippen LogP) is 3.53. The summed E-state index contributed by atoms with van der Waals surface area (Å²) in [5.74, 6) is -0.763. The van der Waals surface area contributed by atoms with Crippen LogP contribution in [0.5, 0.6) is 0 Å². The fourth-order valence-electron chi connectivity index (χ4n) is 2.37. The Labute approximate surface area is 133 Å². The number of fused-ring (bicyclic) bond motifs is 1. The molecule has 120 valence electrons. The minimum absolute atomic E-state index is 0.301. The largest absolute Gasteiger partial charge is 0.356 e. The molecule has 0 spiro atoms. The fourth-order valence-corrected chi connectivity index (χ4v) is 3.61. The zero-order valence-corrected chi connectivity index (χ0v) is 13.4. The third-order valence-corrected chi connectivity index (χ3v) is 4.75. The second-order valence-electron chi connectivity index (χ2n) is 5.42. The molecule has 1 N–H and O–H groups in total. The highest BCUT2D eigenvalue weighted by molar-refractivity contribution is 7.91. The summed E-state index contributed by atoms with van der Waals surface area (Å²) in [6.07, 6.45) is 0. The van der Waals surface area contributed by atoms with Gasteiger partial charge in [0.1, 0.15) is 5.82 Å². The molecule has 0 aliphatic heterocycles. The number of nitrogens with one attached hydrogen (secondary N) is 1. The molecule has 1 aromatic heterocycles. The number of anilines is 1. The first-order valence-corrected chi connectivity index (χ1v) is 8.61. The van der Waals surface area contributed by atoms with Crippen molar-refractivity contribution in [1.82, 2.24) is 5.16 Å². The van der Waals surface area contributed by atoms with E-state index in [0.29, 0.717) is 22.5 Å². The highest BCUT2D eigenvalue weighted by Gasteiger charge is 2.15. The Balaban J connectivity index is 1.90. The number of rotatable bonds is 4. The summed E-state index contributed by atoms with van der Waals surface area (Å²) in [6.45, 7) is 3.56. The molecule has 3 rings (SSSR count). The molecule has 0 radical (unpaired) electrons. The van der Waals surface area contributed by atoms with Crippen molar-refractivity contribution in [3.8, 4) is 0 Å². The number of nitrogens with zero attached hydrogens (tertiary/aromatic N) is 1. The molecule has 0 unspecified atom stereocenters. The third kappa shape index (κ3) is 3.34. The van der Waals surface area contributed by atoms with Crippen molar-refractivity contribution in [2.45, 2.75) is 19.6 Å². The second-order valence-corrected chi connectivity index (χ2v) is 7.14. The van der Waals surface area contributed by atoms with E-state index >= 15 is 0 Å². The van der Waals surface area contributed by atoms with E-state index in [1.165, 1.54) is 18.2 Å². The molecule has 5 nitrogen and oxygen atoms in total. The Morgan fingerprint density at radius 3 is 2.74 bits per heavy atom. The van der Waals surface area contributed by atoms with Crippen molar-refractivity contribution in [2.75, 3.05) is 4.72 Å². The molecule has 0 aliphatic carbocycles. The number of halogens is 1. The van der Waals surface area contributed by atoms with Crippen LogP contribution in [0.25, 0.3) is 11.0 Å². The predicted molar refractivity (Wildman–Crippen MR) is 86.1 cm³/mol. The van der Waals surface area contributed by atoms with Crippen LogP contribution in [-0.4, -0.2) is 13.6 Å². The van der Waals surface area contributed by atoms with Gasteiger partial charge in [0.25, 0.3) is 0 Å². The van der Waals surface area contributed by atoms with Gasteiger partial charge in [-0.05, 0) is 49.2 Å². The second kappa shape index (κ2) is 5.66. The minimum atomic E-state index is -3.66. The van der Waals surface area contributed by atoms with Crippen LogP contribution in [0, 0.1) is 19.7 Å². The molecular weight excluding hydrogens is 319 g/mol. The zero-order chi connectivity index (χ0) is 16.6. The smallest absolute Gasteiger partial charge is 0.236 e. The maximum atomic E-state index is 13.2. The Morgan fingerprint density at radius 1 is 1.22 bits per heavy atom. The van der Waals surface area contributed by atoms with E-state index in [4.69, 9.17) is 4.52 Å². The Hall–Kier alpha value is -2.41. The van der Waals surface area contributed by atoms with Gasteiger partial charge in [0.2, 0.25) is 10.0 Å². The van der Waals surface area contributed by atoms with Gasteiger partial charge in [0.15, 0.2) is 5.58 Å². The maximum Gasteiger partial charge on any atom is 0.236 e. The van der Waals surface area contributed by atoms with Crippen molar-refractivity contribution in [3.05, 3.63) is 59.0 Å². The molecule has 0 amide bonds. The lowest BCUT2D eigenvalue weighted by molar-refractivity contribution is 0.450. The number of aromatic nitrogens is 1. The molecule has 0 saturated heterocycles. The molecule has 7 heteroatoms. The zero-order valence-electron chi connectivity index (χ0n) is 12.6. The van der Waals surface area contributed by atoms with E-state index in [1.54, 1.807) is 32.0 Å². The van der Waals surface area contributed by atoms with Crippen LogP contribution in [-0.2, 0) is 15.8 Å². The maximum absolute atomic E-state index is 13.2. The highest BCUT2D eigenvalue weighted by atomic mass is 32.2. The SMILES string of the molecule is Cc1cc2onc(C)c2cc1NS(=O)(=O)Cc1cccc(F)c1. The Morgan fingerprint density at radius 2 is 2.00 bits per heavy atom. The standard InChI is InChI=1S/C16H15FN2O3S/c1-10-6-16-14(11(2)18-22-16)8-15(10)19-23(20,21)9-12-4-3-5-13(17)7-12/h3-8,19H,9H2,1-2H3. The molecule has 0 bridgehead atoms. The number of hydrogen-bond acceptors (Lipinski definition) is 4. The first-order chi connectivity index (χ1) is 10.8. The van der Waals surface area contributed by atoms with E-state index < -0.39 is 15.8 Å². The summed E-state index contributed by atoms with van der Waals surface area (Å²) in [5, 5.41) is 4.61. The van der Waals surface area contributed by atoms with Crippen LogP contribution in [0.2, 0.25) is 0 Å². The van der Waals surface area contributed by atoms with Gasteiger partial charge in [-0.3, -0.25) is 4.72 Å². The van der Waals surface area contributed by atoms with Crippen LogP contribution < -0.4 is 4.72 Å². The van der Waals surface area contributed by atoms with E-state index in [1.807, 2.05) is 0 Å². The number of hydrogen-bond donors (Lipinski definition) is 1. The van der Waals surface area contributed by atoms with E-state index in [9.17, 15) is 12.8 Å². The molecule has 0 atom stereocenters. The van der Waals surface area contributed by atoms with Crippen molar-refractivity contribution in [2.24, 2.45) is 0 Å². The number of sulfonamides is 1. The topological polar surface area (TPSA) is 72.2 Å². The summed E-state index contributed by atoms with van der Waals surface area (Å²) >= 11 is 0. The van der Waals surface area contributed by atoms with Gasteiger partial charge in [0.05, 0.1) is 17.1 Å². The van der Waals surface area contributed by atoms with Crippen LogP contribution in [0.15, 0.2) is 40.9 Å². The molecule has 2 aromatic carbocycles. The summed E-state index contributed by atoms with van der Waals surface area (Å²) in [7, 11) is -3.66. The first kappa shape index (κ1) is 15.5. The highest BCUT2D eigenvalue weighted by Crippen LogP contribution is 2.27. The van der Waals surface area contributed by atoms with Crippen molar-refractivity contribution in [3.63, 3.8) is 0 Å². The third-order valence-electron chi connectivity index (χ3n) is 3.51. The quantitative estimate of drug-likeness (QED) is 0.792. The molecule has 23 heavy (non-hydrogen) atoms. The molecule has 0 fully saturated rings. The van der Waals surface area contributed by atoms with Gasteiger partial charge >= 0.3 is 0 Å². The van der Waals surface area contributed by atoms with Crippen molar-refractivity contribution >= 4 is 26.7 Å². The minimum Gasteiger partial charge on any atom is -0.356 e. The van der Waals surface area contributed by atoms with E-state index in [-0.39, 0.29) is 5.75 Å². The number of benzene rings is 2. The normalized spacial score (nSPS) is 11.8. The molecular formula is C16H15FN2O3S. The number of aryl methyl sites for hydroxylation is 2. The van der Waals surface area contributed by atoms with Gasteiger partial charge in [-0.1, -0.05) is 17.3 Å². The van der Waals surface area contributed by atoms with Crippen LogP contribution >= 0.6 is 0 Å². The Bertz CT molecular complexity index is 980. The molecule has 3 aromatic rings. The van der Waals surface area contributed by atoms with Gasteiger partial charge in [0, 0.05) is 5.39 Å². The van der Waals surface area contributed by atoms with Gasteiger partial charge in [-0.2, -0.15) is 0 Å². The Kier molecular flexibility index (Phi) is 3.81. The van der Waals surface area contributed by atoms with Crippen molar-refractivity contribution < 1.29 is 17.3 Å². The lowest BCUT2D eigenvalue weighted by atomic mass is 10.1. The monoisotopic (exact) mass is 334 g/mol. The van der Waals surface area contributed by atoms with Crippen LogP contribution in [0.3, 0.4) is 0 Å². The first-order valence-electron chi connectivity index (χ1n) is 6.96.